The molecule has 1 N–H and O–H groups in total. The predicted molar refractivity (Wildman–Crippen MR) is 61.9 cm³/mol. The van der Waals surface area contributed by atoms with Crippen LogP contribution in [-0.4, -0.2) is 47.4 Å². The van der Waals surface area contributed by atoms with Gasteiger partial charge in [0.15, 0.2) is 6.29 Å². The Morgan fingerprint density at radius 3 is 3.00 bits per heavy atom. The zero-order valence-electron chi connectivity index (χ0n) is 9.70. The Balaban J connectivity index is 1.63. The first kappa shape index (κ1) is 13.2. The molecule has 0 radical (unpaired) electrons. The third kappa shape index (κ3) is 3.90. The molecule has 0 spiro atoms. The molecule has 1 fully saturated rings. The molecule has 7 nitrogen and oxygen atoms in total. The maximum absolute atomic E-state index is 10.6. The van der Waals surface area contributed by atoms with Crippen LogP contribution in [0.1, 0.15) is 29.1 Å². The van der Waals surface area contributed by atoms with Gasteiger partial charge in [0.05, 0.1) is 6.61 Å². The van der Waals surface area contributed by atoms with Gasteiger partial charge in [-0.15, -0.1) is 5.10 Å². The van der Waals surface area contributed by atoms with Gasteiger partial charge in [0.25, 0.3) is 5.19 Å². The number of carbonyl (C=O) groups is 1. The molecule has 100 valence electrons. The molecular formula is C10H14N2O5S. The first-order chi connectivity index (χ1) is 8.75. The van der Waals surface area contributed by atoms with Crippen molar-refractivity contribution in [3.8, 4) is 5.19 Å². The van der Waals surface area contributed by atoms with Crippen LogP contribution in [0, 0.1) is 0 Å². The molecule has 1 aromatic rings. The van der Waals surface area contributed by atoms with E-state index in [1.54, 1.807) is 0 Å². The zero-order valence-corrected chi connectivity index (χ0v) is 10.5. The maximum atomic E-state index is 10.6. The molecule has 1 aromatic heterocycles. The van der Waals surface area contributed by atoms with Crippen molar-refractivity contribution in [2.75, 3.05) is 19.8 Å². The van der Waals surface area contributed by atoms with Crippen LogP contribution >= 0.6 is 11.3 Å². The van der Waals surface area contributed by atoms with Crippen LogP contribution < -0.4 is 4.74 Å². The number of aromatic carboxylic acids is 1. The highest BCUT2D eigenvalue weighted by molar-refractivity contribution is 7.14. The van der Waals surface area contributed by atoms with Gasteiger partial charge in [0.2, 0.25) is 5.01 Å². The molecule has 0 amide bonds. The highest BCUT2D eigenvalue weighted by atomic mass is 32.1. The molecule has 8 heteroatoms. The van der Waals surface area contributed by atoms with Crippen molar-refractivity contribution in [2.24, 2.45) is 0 Å². The fraction of sp³-hybridized carbons (Fsp3) is 0.700. The summed E-state index contributed by atoms with van der Waals surface area (Å²) in [7, 11) is 0. The van der Waals surface area contributed by atoms with E-state index in [0.29, 0.717) is 13.2 Å². The van der Waals surface area contributed by atoms with Crippen molar-refractivity contribution in [2.45, 2.75) is 25.6 Å². The number of carboxylic acids is 1. The van der Waals surface area contributed by atoms with Gasteiger partial charge in [-0.3, -0.25) is 0 Å². The lowest BCUT2D eigenvalue weighted by molar-refractivity contribution is -0.165. The predicted octanol–water partition coefficient (Wildman–Crippen LogP) is 1.16. The summed E-state index contributed by atoms with van der Waals surface area (Å²) in [5.74, 6) is -1.10. The summed E-state index contributed by atoms with van der Waals surface area (Å²) in [5.41, 5.74) is 0. The Kier molecular flexibility index (Phi) is 4.85. The van der Waals surface area contributed by atoms with E-state index in [1.165, 1.54) is 0 Å². The van der Waals surface area contributed by atoms with Gasteiger partial charge in [-0.05, 0) is 30.6 Å². The van der Waals surface area contributed by atoms with Gasteiger partial charge in [-0.1, -0.05) is 5.10 Å². The Hall–Kier alpha value is -1.25. The number of hydrogen-bond donors (Lipinski definition) is 1. The lowest BCUT2D eigenvalue weighted by Crippen LogP contribution is -2.24. The van der Waals surface area contributed by atoms with Crippen LogP contribution in [0.25, 0.3) is 0 Å². The van der Waals surface area contributed by atoms with Crippen molar-refractivity contribution in [3.05, 3.63) is 5.01 Å². The third-order valence-electron chi connectivity index (χ3n) is 2.34. The molecule has 1 aliphatic heterocycles. The van der Waals surface area contributed by atoms with Gasteiger partial charge >= 0.3 is 5.97 Å². The topological polar surface area (TPSA) is 90.8 Å². The van der Waals surface area contributed by atoms with E-state index in [0.717, 1.165) is 37.2 Å². The molecule has 2 heterocycles. The molecular weight excluding hydrogens is 260 g/mol. The van der Waals surface area contributed by atoms with E-state index in [4.69, 9.17) is 19.3 Å². The summed E-state index contributed by atoms with van der Waals surface area (Å²) >= 11 is 0.896. The summed E-state index contributed by atoms with van der Waals surface area (Å²) in [6, 6.07) is 0. The number of carboxylic acid groups (broad SMARTS) is 1. The fourth-order valence-electron chi connectivity index (χ4n) is 1.51. The SMILES string of the molecule is O=C(O)c1nnc(OCCOC2CCCCO2)s1. The fourth-order valence-corrected chi connectivity index (χ4v) is 2.06. The number of hydrogen-bond acceptors (Lipinski definition) is 7. The number of aromatic nitrogens is 2. The van der Waals surface area contributed by atoms with Crippen LogP contribution in [-0.2, 0) is 9.47 Å². The molecule has 0 aliphatic carbocycles. The van der Waals surface area contributed by atoms with Gasteiger partial charge in [-0.25, -0.2) is 4.79 Å². The molecule has 1 aliphatic rings. The largest absolute Gasteiger partial charge is 0.476 e. The van der Waals surface area contributed by atoms with E-state index in [-0.39, 0.29) is 16.5 Å². The average Bonchev–Trinajstić information content (AvgIpc) is 2.85. The van der Waals surface area contributed by atoms with Gasteiger partial charge in [-0.2, -0.15) is 0 Å². The minimum absolute atomic E-state index is 0.0819. The van der Waals surface area contributed by atoms with Gasteiger partial charge in [0.1, 0.15) is 6.61 Å². The zero-order chi connectivity index (χ0) is 12.8. The Morgan fingerprint density at radius 2 is 2.33 bits per heavy atom. The molecule has 0 bridgehead atoms. The smallest absolute Gasteiger partial charge is 0.367 e. The van der Waals surface area contributed by atoms with Crippen LogP contribution in [0.3, 0.4) is 0 Å². The summed E-state index contributed by atoms with van der Waals surface area (Å²) in [4.78, 5) is 10.6. The van der Waals surface area contributed by atoms with Crippen molar-refractivity contribution in [1.82, 2.24) is 10.2 Å². The second-order valence-electron chi connectivity index (χ2n) is 3.69. The molecule has 0 saturated carbocycles. The second kappa shape index (κ2) is 6.62. The van der Waals surface area contributed by atoms with Gasteiger partial charge in [0, 0.05) is 6.61 Å². The van der Waals surface area contributed by atoms with E-state index in [9.17, 15) is 4.79 Å². The first-order valence-corrected chi connectivity index (χ1v) is 6.50. The normalized spacial score (nSPS) is 19.7. The third-order valence-corrected chi connectivity index (χ3v) is 3.16. The average molecular weight is 274 g/mol. The summed E-state index contributed by atoms with van der Waals surface area (Å²) < 4.78 is 16.1. The van der Waals surface area contributed by atoms with Crippen molar-refractivity contribution >= 4 is 17.3 Å². The van der Waals surface area contributed by atoms with Crippen molar-refractivity contribution in [1.29, 1.82) is 0 Å². The minimum Gasteiger partial charge on any atom is -0.476 e. The van der Waals surface area contributed by atoms with Crippen molar-refractivity contribution in [3.63, 3.8) is 0 Å². The maximum Gasteiger partial charge on any atom is 0.367 e. The highest BCUT2D eigenvalue weighted by Crippen LogP contribution is 2.18. The molecule has 2 rings (SSSR count). The Labute approximate surface area is 108 Å². The van der Waals surface area contributed by atoms with Crippen LogP contribution in [0.4, 0.5) is 0 Å². The number of ether oxygens (including phenoxy) is 3. The Bertz CT molecular complexity index is 391. The summed E-state index contributed by atoms with van der Waals surface area (Å²) in [6.45, 7) is 1.42. The Morgan fingerprint density at radius 1 is 1.44 bits per heavy atom. The monoisotopic (exact) mass is 274 g/mol. The first-order valence-electron chi connectivity index (χ1n) is 5.68. The van der Waals surface area contributed by atoms with Crippen LogP contribution in [0.2, 0.25) is 0 Å². The van der Waals surface area contributed by atoms with Crippen molar-refractivity contribution < 1.29 is 24.1 Å². The quantitative estimate of drug-likeness (QED) is 0.778. The van der Waals surface area contributed by atoms with E-state index in [1.807, 2.05) is 0 Å². The van der Waals surface area contributed by atoms with Crippen LogP contribution in [0.15, 0.2) is 0 Å². The lowest BCUT2D eigenvalue weighted by Gasteiger charge is -2.22. The van der Waals surface area contributed by atoms with E-state index >= 15 is 0 Å². The lowest BCUT2D eigenvalue weighted by atomic mass is 10.2. The second-order valence-corrected chi connectivity index (χ2v) is 4.63. The molecule has 1 saturated heterocycles. The highest BCUT2D eigenvalue weighted by Gasteiger charge is 2.14. The summed E-state index contributed by atoms with van der Waals surface area (Å²) in [6.07, 6.45) is 2.96. The molecule has 18 heavy (non-hydrogen) atoms. The molecule has 0 aromatic carbocycles. The number of rotatable bonds is 6. The number of nitrogens with zero attached hydrogens (tertiary/aromatic N) is 2. The minimum atomic E-state index is -1.10. The molecule has 1 atom stereocenters. The standard InChI is InChI=1S/C10H14N2O5S/c13-9(14)8-11-12-10(18-8)17-6-5-16-7-3-1-2-4-15-7/h7H,1-6H2,(H,13,14). The van der Waals surface area contributed by atoms with Crippen LogP contribution in [0.5, 0.6) is 5.19 Å². The van der Waals surface area contributed by atoms with E-state index < -0.39 is 5.97 Å². The van der Waals surface area contributed by atoms with E-state index in [2.05, 4.69) is 10.2 Å². The van der Waals surface area contributed by atoms with Gasteiger partial charge < -0.3 is 19.3 Å². The summed E-state index contributed by atoms with van der Waals surface area (Å²) in [5, 5.41) is 15.9. The molecule has 1 unspecified atom stereocenters.